The number of benzene rings is 1. The number of hydrogen-bond donors (Lipinski definition) is 1. The summed E-state index contributed by atoms with van der Waals surface area (Å²) in [5.41, 5.74) is 7.35. The second-order valence-corrected chi connectivity index (χ2v) is 9.62. The summed E-state index contributed by atoms with van der Waals surface area (Å²) in [6.45, 7) is 9.73. The lowest BCUT2D eigenvalue weighted by Gasteiger charge is -2.37. The van der Waals surface area contributed by atoms with Gasteiger partial charge in [-0.1, -0.05) is 18.7 Å². The average molecular weight is 448 g/mol. The van der Waals surface area contributed by atoms with Crippen molar-refractivity contribution in [3.05, 3.63) is 47.7 Å². The quantitative estimate of drug-likeness (QED) is 0.487. The van der Waals surface area contributed by atoms with Gasteiger partial charge >= 0.3 is 13.8 Å². The molecule has 0 radical (unpaired) electrons. The van der Waals surface area contributed by atoms with Crippen LogP contribution < -0.4 is 5.73 Å². The first-order valence-corrected chi connectivity index (χ1v) is 12.1. The molecular weight excluding hydrogens is 416 g/mol. The number of likely N-dealkylation sites (tertiary alicyclic amines) is 1. The normalized spacial score (nSPS) is 17.2. The fourth-order valence-corrected chi connectivity index (χ4v) is 5.42. The minimum absolute atomic E-state index is 0.212. The molecule has 0 spiro atoms. The van der Waals surface area contributed by atoms with Crippen LogP contribution in [0.4, 0.5) is 13.2 Å². The van der Waals surface area contributed by atoms with E-state index < -0.39 is 19.3 Å². The number of nitrogens with two attached hydrogens (primary N) is 1. The van der Waals surface area contributed by atoms with Crippen molar-refractivity contribution >= 4 is 7.60 Å². The Bertz CT molecular complexity index is 722. The van der Waals surface area contributed by atoms with Gasteiger partial charge in [-0.2, -0.15) is 13.2 Å². The first kappa shape index (κ1) is 24.9. The molecule has 1 heterocycles. The van der Waals surface area contributed by atoms with Gasteiger partial charge in [-0.25, -0.2) is 0 Å². The molecule has 170 valence electrons. The number of piperidine rings is 1. The van der Waals surface area contributed by atoms with Crippen molar-refractivity contribution in [2.45, 2.75) is 51.2 Å². The van der Waals surface area contributed by atoms with E-state index in [9.17, 15) is 17.7 Å². The summed E-state index contributed by atoms with van der Waals surface area (Å²) in [6.07, 6.45) is -2.02. The minimum Gasteiger partial charge on any atom is -0.374 e. The van der Waals surface area contributed by atoms with Gasteiger partial charge in [-0.3, -0.25) is 4.57 Å². The zero-order chi connectivity index (χ0) is 22.4. The van der Waals surface area contributed by atoms with Crippen LogP contribution in [0.1, 0.15) is 50.2 Å². The van der Waals surface area contributed by atoms with Crippen LogP contribution in [-0.4, -0.2) is 43.4 Å². The highest BCUT2D eigenvalue weighted by atomic mass is 31.2. The second-order valence-electron chi connectivity index (χ2n) is 7.44. The van der Waals surface area contributed by atoms with E-state index in [1.54, 1.807) is 26.0 Å². The maximum atomic E-state index is 12.7. The molecule has 1 aliphatic heterocycles. The van der Waals surface area contributed by atoms with Crippen molar-refractivity contribution in [3.8, 4) is 0 Å². The molecule has 1 aromatic rings. The van der Waals surface area contributed by atoms with Crippen molar-refractivity contribution in [2.75, 3.05) is 32.5 Å². The van der Waals surface area contributed by atoms with Gasteiger partial charge in [-0.15, -0.1) is 0 Å². The maximum Gasteiger partial charge on any atom is 0.416 e. The third kappa shape index (κ3) is 6.84. The predicted octanol–water partition coefficient (Wildman–Crippen LogP) is 5.38. The molecule has 0 amide bonds. The summed E-state index contributed by atoms with van der Waals surface area (Å²) >= 11 is 0. The Balaban J connectivity index is 1.86. The Kier molecular flexibility index (Phi) is 8.98. The summed E-state index contributed by atoms with van der Waals surface area (Å²) in [5, 5.41) is 0. The first-order chi connectivity index (χ1) is 14.1. The lowest BCUT2D eigenvalue weighted by atomic mass is 9.88. The van der Waals surface area contributed by atoms with Crippen LogP contribution in [0.25, 0.3) is 0 Å². The van der Waals surface area contributed by atoms with Crippen LogP contribution in [0.2, 0.25) is 0 Å². The molecule has 1 aromatic carbocycles. The highest BCUT2D eigenvalue weighted by Gasteiger charge is 2.31. The van der Waals surface area contributed by atoms with Gasteiger partial charge in [-0.05, 0) is 56.7 Å². The largest absolute Gasteiger partial charge is 0.416 e. The number of halogens is 3. The van der Waals surface area contributed by atoms with Gasteiger partial charge in [0.1, 0.15) is 0 Å². The molecule has 1 aliphatic rings. The molecule has 2 N–H and O–H groups in total. The minimum atomic E-state index is -4.32. The smallest absolute Gasteiger partial charge is 0.374 e. The lowest BCUT2D eigenvalue weighted by molar-refractivity contribution is -0.137. The number of alkyl halides is 3. The highest BCUT2D eigenvalue weighted by Crippen LogP contribution is 2.48. The van der Waals surface area contributed by atoms with Crippen LogP contribution in [0, 0.1) is 0 Å². The van der Waals surface area contributed by atoms with Crippen molar-refractivity contribution in [1.29, 1.82) is 0 Å². The van der Waals surface area contributed by atoms with Crippen molar-refractivity contribution < 1.29 is 26.8 Å². The molecule has 2 rings (SSSR count). The summed E-state index contributed by atoms with van der Waals surface area (Å²) in [7, 11) is -3.14. The molecule has 0 aliphatic carbocycles. The predicted molar refractivity (Wildman–Crippen MR) is 112 cm³/mol. The first-order valence-electron chi connectivity index (χ1n) is 10.3. The fourth-order valence-electron chi connectivity index (χ4n) is 3.70. The van der Waals surface area contributed by atoms with E-state index in [2.05, 4.69) is 11.5 Å². The van der Waals surface area contributed by atoms with Crippen LogP contribution in [-0.2, 0) is 19.8 Å². The molecular formula is C21H32F3N2O3P. The Morgan fingerprint density at radius 3 is 2.20 bits per heavy atom. The Morgan fingerprint density at radius 1 is 1.20 bits per heavy atom. The lowest BCUT2D eigenvalue weighted by Crippen LogP contribution is -2.39. The zero-order valence-electron chi connectivity index (χ0n) is 17.7. The van der Waals surface area contributed by atoms with Gasteiger partial charge in [0, 0.05) is 24.8 Å². The van der Waals surface area contributed by atoms with Crippen LogP contribution in [0.5, 0.6) is 0 Å². The number of hydrogen-bond acceptors (Lipinski definition) is 5. The van der Waals surface area contributed by atoms with Gasteiger partial charge in [0.15, 0.2) is 0 Å². The fraction of sp³-hybridized carbons (Fsp3) is 0.619. The second kappa shape index (κ2) is 10.8. The molecule has 0 bridgehead atoms. The molecule has 1 atom stereocenters. The molecule has 1 saturated heterocycles. The maximum absolute atomic E-state index is 12.7. The van der Waals surface area contributed by atoms with E-state index >= 15 is 0 Å². The Labute approximate surface area is 176 Å². The van der Waals surface area contributed by atoms with E-state index in [0.717, 1.165) is 49.3 Å². The molecule has 5 nitrogen and oxygen atoms in total. The SMILES string of the molecule is C=C([C@@H](N)CCP(=O)(OCC)OCC)N1CCC(c2ccc(C(F)(F)F)cc2)CC1. The van der Waals surface area contributed by atoms with Crippen LogP contribution in [0.3, 0.4) is 0 Å². The standard InChI is InChI=1S/C21H32F3N2O3P/c1-4-28-30(27,29-5-2)15-12-20(25)16(3)26-13-10-18(11-14-26)17-6-8-19(9-7-17)21(22,23)24/h6-9,18,20H,3-5,10-15,25H2,1-2H3/t20-/m0/s1. The third-order valence-corrected chi connectivity index (χ3v) is 7.51. The monoisotopic (exact) mass is 448 g/mol. The topological polar surface area (TPSA) is 64.8 Å². The third-order valence-electron chi connectivity index (χ3n) is 5.40. The van der Waals surface area contributed by atoms with E-state index in [4.69, 9.17) is 14.8 Å². The van der Waals surface area contributed by atoms with Gasteiger partial charge < -0.3 is 19.7 Å². The molecule has 1 fully saturated rings. The molecule has 0 unspecified atom stereocenters. The number of rotatable bonds is 10. The molecule has 0 saturated carbocycles. The molecule has 30 heavy (non-hydrogen) atoms. The molecule has 9 heteroatoms. The zero-order valence-corrected chi connectivity index (χ0v) is 18.6. The van der Waals surface area contributed by atoms with E-state index in [1.807, 2.05) is 0 Å². The van der Waals surface area contributed by atoms with Crippen LogP contribution in [0.15, 0.2) is 36.5 Å². The summed E-state index contributed by atoms with van der Waals surface area (Å²) in [5.74, 6) is 0.212. The summed E-state index contributed by atoms with van der Waals surface area (Å²) < 4.78 is 61.4. The van der Waals surface area contributed by atoms with Crippen molar-refractivity contribution in [3.63, 3.8) is 0 Å². The summed E-state index contributed by atoms with van der Waals surface area (Å²) in [4.78, 5) is 2.11. The van der Waals surface area contributed by atoms with Crippen LogP contribution >= 0.6 is 7.60 Å². The highest BCUT2D eigenvalue weighted by molar-refractivity contribution is 7.53. The van der Waals surface area contributed by atoms with Gasteiger partial charge in [0.25, 0.3) is 0 Å². The van der Waals surface area contributed by atoms with Crippen molar-refractivity contribution in [2.24, 2.45) is 5.73 Å². The van der Waals surface area contributed by atoms with Crippen molar-refractivity contribution in [1.82, 2.24) is 4.90 Å². The Hall–Kier alpha value is -1.34. The average Bonchev–Trinajstić information content (AvgIpc) is 2.71. The molecule has 0 aromatic heterocycles. The van der Waals surface area contributed by atoms with Gasteiger partial charge in [0.05, 0.1) is 24.9 Å². The van der Waals surface area contributed by atoms with E-state index in [0.29, 0.717) is 19.6 Å². The number of nitrogens with zero attached hydrogens (tertiary/aromatic N) is 1. The Morgan fingerprint density at radius 2 is 1.73 bits per heavy atom. The van der Waals surface area contributed by atoms with E-state index in [1.165, 1.54) is 0 Å². The summed E-state index contributed by atoms with van der Waals surface area (Å²) in [6, 6.07) is 5.07. The van der Waals surface area contributed by atoms with Gasteiger partial charge in [0.2, 0.25) is 0 Å². The van der Waals surface area contributed by atoms with E-state index in [-0.39, 0.29) is 18.1 Å².